The number of fused-ring (bicyclic) bond motifs is 2. The highest BCUT2D eigenvalue weighted by Gasteiger charge is 2.42. The zero-order valence-corrected chi connectivity index (χ0v) is 25.3. The lowest BCUT2D eigenvalue weighted by atomic mass is 9.97. The lowest BCUT2D eigenvalue weighted by Crippen LogP contribution is -2.48. The molecule has 240 valence electrons. The number of anilines is 4. The molecule has 1 aromatic heterocycles. The third-order valence-corrected chi connectivity index (χ3v) is 8.07. The maximum absolute atomic E-state index is 14.5. The van der Waals surface area contributed by atoms with Gasteiger partial charge < -0.3 is 9.80 Å². The van der Waals surface area contributed by atoms with Crippen LogP contribution in [0.1, 0.15) is 25.1 Å². The smallest absolute Gasteiger partial charge is 0.308 e. The van der Waals surface area contributed by atoms with Crippen LogP contribution in [0.25, 0.3) is 10.9 Å². The van der Waals surface area contributed by atoms with Gasteiger partial charge in [-0.1, -0.05) is 30.3 Å². The molecule has 0 bridgehead atoms. The number of amides is 3. The average Bonchev–Trinajstić information content (AvgIpc) is 3.41. The van der Waals surface area contributed by atoms with Gasteiger partial charge in [-0.15, -0.1) is 0 Å². The Morgan fingerprint density at radius 1 is 0.894 bits per heavy atom. The Labute approximate surface area is 267 Å². The summed E-state index contributed by atoms with van der Waals surface area (Å²) in [6.45, 7) is 2.92. The first-order valence-electron chi connectivity index (χ1n) is 14.9. The Hall–Kier alpha value is -5.52. The molecule has 1 aliphatic heterocycles. The Morgan fingerprint density at radius 3 is 2.21 bits per heavy atom. The molecule has 8 nitrogen and oxygen atoms in total. The van der Waals surface area contributed by atoms with Crippen LogP contribution in [0.3, 0.4) is 0 Å². The fourth-order valence-corrected chi connectivity index (χ4v) is 5.90. The summed E-state index contributed by atoms with van der Waals surface area (Å²) in [4.78, 5) is 47.0. The molecule has 3 amide bonds. The van der Waals surface area contributed by atoms with E-state index in [9.17, 15) is 31.9 Å². The number of nitrogens with one attached hydrogen (secondary N) is 1. The van der Waals surface area contributed by atoms with Gasteiger partial charge >= 0.3 is 6.18 Å². The minimum atomic E-state index is -4.55. The van der Waals surface area contributed by atoms with Crippen molar-refractivity contribution in [1.29, 1.82) is 0 Å². The first-order valence-corrected chi connectivity index (χ1v) is 14.9. The van der Waals surface area contributed by atoms with Crippen molar-refractivity contribution in [3.63, 3.8) is 0 Å². The number of alkyl halides is 3. The summed E-state index contributed by atoms with van der Waals surface area (Å²) in [5.74, 6) is -3.59. The van der Waals surface area contributed by atoms with Gasteiger partial charge in [-0.3, -0.25) is 24.4 Å². The fourth-order valence-electron chi connectivity index (χ4n) is 5.90. The van der Waals surface area contributed by atoms with E-state index in [1.807, 2.05) is 0 Å². The Kier molecular flexibility index (Phi) is 8.27. The van der Waals surface area contributed by atoms with E-state index >= 15 is 0 Å². The normalized spacial score (nSPS) is 15.3. The molecular weight excluding hydrogens is 614 g/mol. The Bertz CT molecular complexity index is 1960. The Balaban J connectivity index is 1.43. The van der Waals surface area contributed by atoms with Crippen LogP contribution in [-0.2, 0) is 27.0 Å². The second kappa shape index (κ2) is 12.3. The molecule has 0 saturated carbocycles. The van der Waals surface area contributed by atoms with E-state index in [4.69, 9.17) is 0 Å². The number of para-hydroxylation sites is 3. The summed E-state index contributed by atoms with van der Waals surface area (Å²) in [6.07, 6.45) is -4.68. The number of carbonyl (C=O) groups excluding carboxylic acids is 3. The number of H-pyrrole nitrogens is 1. The third kappa shape index (κ3) is 6.06. The number of nitrogens with zero attached hydrogens (tertiary/aromatic N) is 4. The van der Waals surface area contributed by atoms with Crippen molar-refractivity contribution in [2.24, 2.45) is 5.92 Å². The number of hydrogen-bond donors (Lipinski definition) is 1. The molecule has 0 fully saturated rings. The predicted octanol–water partition coefficient (Wildman–Crippen LogP) is 7.03. The van der Waals surface area contributed by atoms with Crippen LogP contribution in [0.4, 0.5) is 40.3 Å². The van der Waals surface area contributed by atoms with Gasteiger partial charge in [0.25, 0.3) is 0 Å². The van der Waals surface area contributed by atoms with Crippen molar-refractivity contribution in [3.8, 4) is 0 Å². The summed E-state index contributed by atoms with van der Waals surface area (Å²) in [5, 5.41) is 7.53. The van der Waals surface area contributed by atoms with Crippen LogP contribution in [0.5, 0.6) is 0 Å². The molecule has 12 heteroatoms. The molecule has 0 aliphatic carbocycles. The van der Waals surface area contributed by atoms with Crippen LogP contribution >= 0.6 is 0 Å². The molecule has 1 aliphatic rings. The highest BCUT2D eigenvalue weighted by Crippen LogP contribution is 2.40. The summed E-state index contributed by atoms with van der Waals surface area (Å²) in [6, 6.07) is 23.3. The number of halogens is 4. The quantitative estimate of drug-likeness (QED) is 0.152. The predicted molar refractivity (Wildman–Crippen MR) is 170 cm³/mol. The SMILES string of the molecule is CC(C)N(C(=O)CN1C(=O)C(Cc2[nH]nc3cc(F)ccc23)C(=O)N(c2ccccc2)c2ccccc21)c1ccc(C(F)(F)F)cc1. The third-order valence-electron chi connectivity index (χ3n) is 8.07. The molecule has 47 heavy (non-hydrogen) atoms. The largest absolute Gasteiger partial charge is 0.416 e. The molecule has 5 aromatic rings. The van der Waals surface area contributed by atoms with Crippen molar-refractivity contribution < 1.29 is 31.9 Å². The molecule has 4 aromatic carbocycles. The molecule has 0 spiro atoms. The molecule has 6 rings (SSSR count). The van der Waals surface area contributed by atoms with Crippen molar-refractivity contribution in [2.75, 3.05) is 21.2 Å². The minimum Gasteiger partial charge on any atom is -0.308 e. The van der Waals surface area contributed by atoms with Gasteiger partial charge in [-0.25, -0.2) is 4.39 Å². The zero-order chi connectivity index (χ0) is 33.5. The number of carbonyl (C=O) groups is 3. The van der Waals surface area contributed by atoms with Crippen LogP contribution in [0.2, 0.25) is 0 Å². The van der Waals surface area contributed by atoms with Gasteiger partial charge in [0.05, 0.1) is 22.5 Å². The van der Waals surface area contributed by atoms with E-state index in [2.05, 4.69) is 10.2 Å². The van der Waals surface area contributed by atoms with Crippen molar-refractivity contribution >= 4 is 51.4 Å². The molecule has 1 N–H and O–H groups in total. The van der Waals surface area contributed by atoms with Gasteiger partial charge in [-0.05, 0) is 74.5 Å². The number of aromatic nitrogens is 2. The van der Waals surface area contributed by atoms with Gasteiger partial charge in [0.15, 0.2) is 0 Å². The van der Waals surface area contributed by atoms with Crippen LogP contribution in [-0.4, -0.2) is 40.5 Å². The second-order valence-corrected chi connectivity index (χ2v) is 11.4. The van der Waals surface area contributed by atoms with Crippen LogP contribution in [0, 0.1) is 11.7 Å². The summed E-state index contributed by atoms with van der Waals surface area (Å²) in [5.41, 5.74) is 1.31. The van der Waals surface area contributed by atoms with Gasteiger partial charge in [-0.2, -0.15) is 18.3 Å². The van der Waals surface area contributed by atoms with E-state index in [1.165, 1.54) is 45.0 Å². The first kappa shape index (κ1) is 31.5. The van der Waals surface area contributed by atoms with Crippen LogP contribution in [0.15, 0.2) is 97.1 Å². The average molecular weight is 644 g/mol. The molecular formula is C35H29F4N5O3. The van der Waals surface area contributed by atoms with E-state index in [-0.39, 0.29) is 12.1 Å². The van der Waals surface area contributed by atoms with Crippen molar-refractivity contribution in [1.82, 2.24) is 10.2 Å². The first-order chi connectivity index (χ1) is 22.4. The van der Waals surface area contributed by atoms with E-state index < -0.39 is 53.8 Å². The molecule has 2 heterocycles. The summed E-state index contributed by atoms with van der Waals surface area (Å²) >= 11 is 0. The van der Waals surface area contributed by atoms with Crippen molar-refractivity contribution in [2.45, 2.75) is 32.5 Å². The summed E-state index contributed by atoms with van der Waals surface area (Å²) < 4.78 is 53.7. The molecule has 1 unspecified atom stereocenters. The second-order valence-electron chi connectivity index (χ2n) is 11.4. The fraction of sp³-hybridized carbons (Fsp3) is 0.200. The van der Waals surface area contributed by atoms with Gasteiger partial charge in [0, 0.05) is 41.0 Å². The number of benzene rings is 4. The van der Waals surface area contributed by atoms with Crippen LogP contribution < -0.4 is 14.7 Å². The summed E-state index contributed by atoms with van der Waals surface area (Å²) in [7, 11) is 0. The topological polar surface area (TPSA) is 89.6 Å². The molecule has 1 atom stereocenters. The zero-order valence-electron chi connectivity index (χ0n) is 25.3. The van der Waals surface area contributed by atoms with E-state index in [0.717, 1.165) is 12.1 Å². The van der Waals surface area contributed by atoms with Crippen molar-refractivity contribution in [3.05, 3.63) is 114 Å². The highest BCUT2D eigenvalue weighted by molar-refractivity contribution is 6.21. The minimum absolute atomic E-state index is 0.130. The number of rotatable bonds is 7. The number of aromatic amines is 1. The Morgan fingerprint density at radius 2 is 1.55 bits per heavy atom. The molecule has 0 saturated heterocycles. The molecule has 0 radical (unpaired) electrons. The van der Waals surface area contributed by atoms with E-state index in [1.54, 1.807) is 68.4 Å². The lowest BCUT2D eigenvalue weighted by Gasteiger charge is -2.31. The van der Waals surface area contributed by atoms with Gasteiger partial charge in [0.2, 0.25) is 17.7 Å². The maximum atomic E-state index is 14.5. The maximum Gasteiger partial charge on any atom is 0.416 e. The van der Waals surface area contributed by atoms with E-state index in [0.29, 0.717) is 33.7 Å². The number of hydrogen-bond acceptors (Lipinski definition) is 4. The standard InChI is InChI=1S/C35H29F4N5O3/c1-21(2)43(25-15-12-22(13-16-25)35(37,38)39)32(45)20-42-30-10-6-7-11-31(30)44(24-8-4-3-5-9-24)34(47)27(33(42)46)19-29-26-17-14-23(36)18-28(26)40-41-29/h3-18,21,27H,19-20H2,1-2H3,(H,40,41). The lowest BCUT2D eigenvalue weighted by molar-refractivity contribution is -0.137. The highest BCUT2D eigenvalue weighted by atomic mass is 19.4. The monoisotopic (exact) mass is 643 g/mol. The van der Waals surface area contributed by atoms with Gasteiger partial charge in [0.1, 0.15) is 18.3 Å².